The average molecular weight is 195 g/mol. The Kier molecular flexibility index (Phi) is 2.29. The zero-order valence-corrected chi connectivity index (χ0v) is 8.86. The first-order valence-electron chi connectivity index (χ1n) is 6.28. The van der Waals surface area contributed by atoms with Gasteiger partial charge in [0.25, 0.3) is 0 Å². The van der Waals surface area contributed by atoms with Crippen LogP contribution in [0.1, 0.15) is 44.9 Å². The summed E-state index contributed by atoms with van der Waals surface area (Å²) in [6.07, 6.45) is 9.14. The molecule has 0 unspecified atom stereocenters. The SMILES string of the molecule is O[C@H]1CCC[C@@H]1N(CC1CC1)C1CC1. The van der Waals surface area contributed by atoms with Crippen molar-refractivity contribution in [2.45, 2.75) is 63.1 Å². The highest BCUT2D eigenvalue weighted by atomic mass is 16.3. The molecule has 2 atom stereocenters. The van der Waals surface area contributed by atoms with Crippen LogP contribution in [0.5, 0.6) is 0 Å². The standard InChI is InChI=1S/C12H21NO/c14-12-3-1-2-11(12)13(10-6-7-10)8-9-4-5-9/h9-12,14H,1-8H2/t11-,12-/m0/s1. The predicted molar refractivity (Wildman–Crippen MR) is 56.1 cm³/mol. The van der Waals surface area contributed by atoms with Gasteiger partial charge in [0.2, 0.25) is 0 Å². The summed E-state index contributed by atoms with van der Waals surface area (Å²) >= 11 is 0. The Hall–Kier alpha value is -0.0800. The van der Waals surface area contributed by atoms with Crippen molar-refractivity contribution in [2.75, 3.05) is 6.54 Å². The summed E-state index contributed by atoms with van der Waals surface area (Å²) in [7, 11) is 0. The van der Waals surface area contributed by atoms with Crippen LogP contribution in [0.15, 0.2) is 0 Å². The van der Waals surface area contributed by atoms with Crippen molar-refractivity contribution in [1.82, 2.24) is 4.90 Å². The third-order valence-corrected chi connectivity index (χ3v) is 4.05. The van der Waals surface area contributed by atoms with Gasteiger partial charge in [0, 0.05) is 18.6 Å². The second kappa shape index (κ2) is 3.49. The molecule has 0 amide bonds. The van der Waals surface area contributed by atoms with E-state index in [1.807, 2.05) is 0 Å². The van der Waals surface area contributed by atoms with Crippen molar-refractivity contribution in [3.8, 4) is 0 Å². The molecule has 0 aromatic heterocycles. The second-order valence-electron chi connectivity index (χ2n) is 5.44. The predicted octanol–water partition coefficient (Wildman–Crippen LogP) is 1.77. The van der Waals surface area contributed by atoms with Gasteiger partial charge >= 0.3 is 0 Å². The van der Waals surface area contributed by atoms with E-state index in [2.05, 4.69) is 4.90 Å². The molecule has 0 spiro atoms. The molecule has 3 rings (SSSR count). The van der Waals surface area contributed by atoms with E-state index in [9.17, 15) is 5.11 Å². The lowest BCUT2D eigenvalue weighted by atomic mass is 10.1. The van der Waals surface area contributed by atoms with Gasteiger partial charge in [0.05, 0.1) is 6.10 Å². The molecule has 1 N–H and O–H groups in total. The summed E-state index contributed by atoms with van der Waals surface area (Å²) in [5, 5.41) is 9.93. The largest absolute Gasteiger partial charge is 0.391 e. The Morgan fingerprint density at radius 3 is 2.29 bits per heavy atom. The van der Waals surface area contributed by atoms with Gasteiger partial charge in [-0.05, 0) is 50.9 Å². The molecule has 0 aromatic carbocycles. The van der Waals surface area contributed by atoms with E-state index in [-0.39, 0.29) is 6.10 Å². The van der Waals surface area contributed by atoms with Gasteiger partial charge in [0.15, 0.2) is 0 Å². The lowest BCUT2D eigenvalue weighted by Crippen LogP contribution is -2.43. The first-order valence-corrected chi connectivity index (χ1v) is 6.28. The lowest BCUT2D eigenvalue weighted by Gasteiger charge is -2.31. The molecule has 2 nitrogen and oxygen atoms in total. The molecule has 80 valence electrons. The molecule has 0 saturated heterocycles. The molecule has 3 aliphatic rings. The fourth-order valence-corrected chi connectivity index (χ4v) is 2.87. The molecule has 3 fully saturated rings. The number of rotatable bonds is 4. The fraction of sp³-hybridized carbons (Fsp3) is 1.00. The van der Waals surface area contributed by atoms with Crippen molar-refractivity contribution in [1.29, 1.82) is 0 Å². The van der Waals surface area contributed by atoms with Crippen molar-refractivity contribution in [3.05, 3.63) is 0 Å². The van der Waals surface area contributed by atoms with Gasteiger partial charge in [-0.25, -0.2) is 0 Å². The molecule has 0 heterocycles. The molecular formula is C12H21NO. The molecule has 2 heteroatoms. The summed E-state index contributed by atoms with van der Waals surface area (Å²) < 4.78 is 0. The third kappa shape index (κ3) is 1.82. The van der Waals surface area contributed by atoms with Crippen LogP contribution in [0.25, 0.3) is 0 Å². The van der Waals surface area contributed by atoms with Crippen LogP contribution < -0.4 is 0 Å². The minimum Gasteiger partial charge on any atom is -0.391 e. The maximum Gasteiger partial charge on any atom is 0.0695 e. The Balaban J connectivity index is 1.63. The Morgan fingerprint density at radius 2 is 1.79 bits per heavy atom. The second-order valence-corrected chi connectivity index (χ2v) is 5.44. The molecule has 0 radical (unpaired) electrons. The average Bonchev–Trinajstić information content (AvgIpc) is 3.04. The molecule has 14 heavy (non-hydrogen) atoms. The highest BCUT2D eigenvalue weighted by Gasteiger charge is 2.41. The van der Waals surface area contributed by atoms with Gasteiger partial charge in [-0.2, -0.15) is 0 Å². The highest BCUT2D eigenvalue weighted by molar-refractivity contribution is 4.96. The lowest BCUT2D eigenvalue weighted by molar-refractivity contribution is 0.0625. The Morgan fingerprint density at radius 1 is 1.00 bits per heavy atom. The summed E-state index contributed by atoms with van der Waals surface area (Å²) in [5.74, 6) is 0.975. The number of aliphatic hydroxyl groups is 1. The summed E-state index contributed by atoms with van der Waals surface area (Å²) in [6, 6.07) is 1.36. The number of hydrogen-bond donors (Lipinski definition) is 1. The van der Waals surface area contributed by atoms with Crippen LogP contribution >= 0.6 is 0 Å². The van der Waals surface area contributed by atoms with Crippen molar-refractivity contribution in [3.63, 3.8) is 0 Å². The zero-order valence-electron chi connectivity index (χ0n) is 8.86. The van der Waals surface area contributed by atoms with E-state index >= 15 is 0 Å². The highest BCUT2D eigenvalue weighted by Crippen LogP contribution is 2.39. The summed E-state index contributed by atoms with van der Waals surface area (Å²) in [4.78, 5) is 2.65. The van der Waals surface area contributed by atoms with E-state index in [0.717, 1.165) is 18.4 Å². The topological polar surface area (TPSA) is 23.5 Å². The van der Waals surface area contributed by atoms with Gasteiger partial charge in [0.1, 0.15) is 0 Å². The van der Waals surface area contributed by atoms with Gasteiger partial charge < -0.3 is 5.11 Å². The van der Waals surface area contributed by atoms with E-state index in [4.69, 9.17) is 0 Å². The third-order valence-electron chi connectivity index (χ3n) is 4.05. The van der Waals surface area contributed by atoms with Crippen molar-refractivity contribution >= 4 is 0 Å². The van der Waals surface area contributed by atoms with Crippen LogP contribution in [-0.2, 0) is 0 Å². The van der Waals surface area contributed by atoms with Crippen LogP contribution in [0.2, 0.25) is 0 Å². The first-order chi connectivity index (χ1) is 6.84. The monoisotopic (exact) mass is 195 g/mol. The summed E-state index contributed by atoms with van der Waals surface area (Å²) in [6.45, 7) is 1.28. The quantitative estimate of drug-likeness (QED) is 0.739. The van der Waals surface area contributed by atoms with E-state index in [1.165, 1.54) is 45.1 Å². The minimum absolute atomic E-state index is 0.0191. The molecule has 0 aromatic rings. The molecule has 0 aliphatic heterocycles. The van der Waals surface area contributed by atoms with Crippen LogP contribution in [0.3, 0.4) is 0 Å². The normalized spacial score (nSPS) is 38.1. The minimum atomic E-state index is -0.0191. The smallest absolute Gasteiger partial charge is 0.0695 e. The molecule has 3 aliphatic carbocycles. The Bertz CT molecular complexity index is 210. The van der Waals surface area contributed by atoms with Gasteiger partial charge in [-0.1, -0.05) is 0 Å². The van der Waals surface area contributed by atoms with Gasteiger partial charge in [-0.15, -0.1) is 0 Å². The molecule has 0 bridgehead atoms. The maximum absolute atomic E-state index is 9.93. The first kappa shape index (κ1) is 9.17. The van der Waals surface area contributed by atoms with E-state index in [1.54, 1.807) is 0 Å². The van der Waals surface area contributed by atoms with E-state index < -0.39 is 0 Å². The number of nitrogens with zero attached hydrogens (tertiary/aromatic N) is 1. The maximum atomic E-state index is 9.93. The number of hydrogen-bond acceptors (Lipinski definition) is 2. The Labute approximate surface area is 86.3 Å². The summed E-state index contributed by atoms with van der Waals surface area (Å²) in [5.41, 5.74) is 0. The van der Waals surface area contributed by atoms with Crippen LogP contribution in [-0.4, -0.2) is 34.7 Å². The van der Waals surface area contributed by atoms with E-state index in [0.29, 0.717) is 6.04 Å². The number of aliphatic hydroxyl groups excluding tert-OH is 1. The molecule has 3 saturated carbocycles. The van der Waals surface area contributed by atoms with Crippen molar-refractivity contribution < 1.29 is 5.11 Å². The van der Waals surface area contributed by atoms with Crippen LogP contribution in [0.4, 0.5) is 0 Å². The zero-order chi connectivity index (χ0) is 9.54. The molecular weight excluding hydrogens is 174 g/mol. The van der Waals surface area contributed by atoms with Crippen molar-refractivity contribution in [2.24, 2.45) is 5.92 Å². The van der Waals surface area contributed by atoms with Gasteiger partial charge in [-0.3, -0.25) is 4.90 Å². The fourth-order valence-electron chi connectivity index (χ4n) is 2.87. The van der Waals surface area contributed by atoms with Crippen LogP contribution in [0, 0.1) is 5.92 Å².